The molecule has 19 heavy (non-hydrogen) atoms. The van der Waals surface area contributed by atoms with E-state index in [-0.39, 0.29) is 5.75 Å². The first-order chi connectivity index (χ1) is 9.02. The number of anilines is 1. The molecule has 0 bridgehead atoms. The van der Waals surface area contributed by atoms with Crippen LogP contribution in [0, 0.1) is 13.8 Å². The molecule has 1 aromatic heterocycles. The number of methoxy groups -OCH3 is 1. The van der Waals surface area contributed by atoms with Crippen LogP contribution in [0.3, 0.4) is 0 Å². The average molecular weight is 261 g/mol. The first-order valence-electron chi connectivity index (χ1n) is 6.13. The normalized spacial score (nSPS) is 10.5. The topological polar surface area (TPSA) is 59.3 Å². The Labute approximate surface area is 112 Å². The van der Waals surface area contributed by atoms with Crippen LogP contribution in [0.5, 0.6) is 11.5 Å². The summed E-state index contributed by atoms with van der Waals surface area (Å²) in [5, 5.41) is 17.6. The number of nitrogens with zero attached hydrogens (tertiary/aromatic N) is 2. The van der Waals surface area contributed by atoms with Crippen molar-refractivity contribution in [2.24, 2.45) is 7.05 Å². The minimum absolute atomic E-state index is 0.228. The lowest BCUT2D eigenvalue weighted by Gasteiger charge is -2.09. The number of benzene rings is 1. The molecule has 0 saturated carbocycles. The van der Waals surface area contributed by atoms with Crippen LogP contribution in [0.25, 0.3) is 0 Å². The summed E-state index contributed by atoms with van der Waals surface area (Å²) in [6.07, 6.45) is 0. The lowest BCUT2D eigenvalue weighted by Crippen LogP contribution is -2.02. The van der Waals surface area contributed by atoms with E-state index in [0.717, 1.165) is 22.6 Å². The highest BCUT2D eigenvalue weighted by molar-refractivity contribution is 5.53. The number of aryl methyl sites for hydroxylation is 2. The maximum Gasteiger partial charge on any atom is 0.124 e. The molecule has 2 rings (SSSR count). The summed E-state index contributed by atoms with van der Waals surface area (Å²) in [5.74, 6) is 0.876. The lowest BCUT2D eigenvalue weighted by atomic mass is 10.2. The van der Waals surface area contributed by atoms with E-state index in [2.05, 4.69) is 10.4 Å². The summed E-state index contributed by atoms with van der Waals surface area (Å²) < 4.78 is 6.90. The summed E-state index contributed by atoms with van der Waals surface area (Å²) in [7, 11) is 3.49. The van der Waals surface area contributed by atoms with Crippen LogP contribution < -0.4 is 10.1 Å². The smallest absolute Gasteiger partial charge is 0.124 e. The van der Waals surface area contributed by atoms with E-state index >= 15 is 0 Å². The molecule has 0 amide bonds. The third-order valence-electron chi connectivity index (χ3n) is 3.26. The van der Waals surface area contributed by atoms with Crippen molar-refractivity contribution in [3.8, 4) is 11.5 Å². The summed E-state index contributed by atoms with van der Waals surface area (Å²) >= 11 is 0. The van der Waals surface area contributed by atoms with Crippen molar-refractivity contribution in [1.29, 1.82) is 0 Å². The van der Waals surface area contributed by atoms with Gasteiger partial charge in [-0.3, -0.25) is 4.68 Å². The number of aromatic hydroxyl groups is 1. The summed E-state index contributed by atoms with van der Waals surface area (Å²) in [6.45, 7) is 4.52. The second-order valence-corrected chi connectivity index (χ2v) is 4.52. The van der Waals surface area contributed by atoms with Crippen molar-refractivity contribution < 1.29 is 9.84 Å². The van der Waals surface area contributed by atoms with Crippen LogP contribution >= 0.6 is 0 Å². The Balaban J connectivity index is 2.14. The van der Waals surface area contributed by atoms with Gasteiger partial charge in [0, 0.05) is 25.2 Å². The van der Waals surface area contributed by atoms with Crippen molar-refractivity contribution in [2.45, 2.75) is 20.4 Å². The Morgan fingerprint density at radius 2 is 2.11 bits per heavy atom. The molecular weight excluding hydrogens is 242 g/mol. The van der Waals surface area contributed by atoms with Crippen LogP contribution in [-0.4, -0.2) is 22.0 Å². The Hall–Kier alpha value is -2.17. The fourth-order valence-corrected chi connectivity index (χ4v) is 2.03. The third-order valence-corrected chi connectivity index (χ3v) is 3.26. The van der Waals surface area contributed by atoms with Crippen molar-refractivity contribution in [2.75, 3.05) is 12.4 Å². The second-order valence-electron chi connectivity index (χ2n) is 4.52. The Morgan fingerprint density at radius 3 is 2.63 bits per heavy atom. The summed E-state index contributed by atoms with van der Waals surface area (Å²) in [5.41, 5.74) is 3.86. The highest BCUT2D eigenvalue weighted by Gasteiger charge is 2.10. The minimum Gasteiger partial charge on any atom is -0.507 e. The van der Waals surface area contributed by atoms with Crippen LogP contribution in [0.15, 0.2) is 18.2 Å². The fraction of sp³-hybridized carbons (Fsp3) is 0.357. The fourth-order valence-electron chi connectivity index (χ4n) is 2.03. The minimum atomic E-state index is 0.228. The van der Waals surface area contributed by atoms with E-state index in [9.17, 15) is 5.11 Å². The second kappa shape index (κ2) is 5.22. The zero-order valence-electron chi connectivity index (χ0n) is 11.7. The highest BCUT2D eigenvalue weighted by Crippen LogP contribution is 2.25. The van der Waals surface area contributed by atoms with Gasteiger partial charge < -0.3 is 15.2 Å². The van der Waals surface area contributed by atoms with Gasteiger partial charge in [-0.1, -0.05) is 0 Å². The SMILES string of the molecule is COc1ccc(CNc2c(C)nn(C)c2C)c(O)c1. The van der Waals surface area contributed by atoms with E-state index in [1.165, 1.54) is 0 Å². The zero-order chi connectivity index (χ0) is 14.0. The van der Waals surface area contributed by atoms with Gasteiger partial charge in [0.2, 0.25) is 0 Å². The molecule has 0 spiro atoms. The highest BCUT2D eigenvalue weighted by atomic mass is 16.5. The average Bonchev–Trinajstić information content (AvgIpc) is 2.62. The van der Waals surface area contributed by atoms with Gasteiger partial charge in [-0.2, -0.15) is 5.10 Å². The maximum absolute atomic E-state index is 9.90. The molecule has 0 unspecified atom stereocenters. The Kier molecular flexibility index (Phi) is 3.64. The number of rotatable bonds is 4. The Bertz CT molecular complexity index is 591. The van der Waals surface area contributed by atoms with Gasteiger partial charge in [0.05, 0.1) is 24.2 Å². The number of aromatic nitrogens is 2. The van der Waals surface area contributed by atoms with Crippen molar-refractivity contribution in [3.05, 3.63) is 35.2 Å². The predicted octanol–water partition coefficient (Wildman–Crippen LogP) is 2.36. The molecule has 0 radical (unpaired) electrons. The molecule has 102 valence electrons. The van der Waals surface area contributed by atoms with Gasteiger partial charge >= 0.3 is 0 Å². The quantitative estimate of drug-likeness (QED) is 0.887. The standard InChI is InChI=1S/C14H19N3O2/c1-9-14(10(2)17(3)16-9)15-8-11-5-6-12(19-4)7-13(11)18/h5-7,15,18H,8H2,1-4H3. The first-order valence-corrected chi connectivity index (χ1v) is 6.13. The van der Waals surface area contributed by atoms with E-state index < -0.39 is 0 Å². The molecule has 0 saturated heterocycles. The number of hydrogen-bond acceptors (Lipinski definition) is 4. The zero-order valence-corrected chi connectivity index (χ0v) is 11.7. The molecule has 0 aliphatic carbocycles. The summed E-state index contributed by atoms with van der Waals surface area (Å²) in [6, 6.07) is 5.29. The van der Waals surface area contributed by atoms with Gasteiger partial charge in [-0.25, -0.2) is 0 Å². The van der Waals surface area contributed by atoms with E-state index in [1.54, 1.807) is 13.2 Å². The van der Waals surface area contributed by atoms with Crippen molar-refractivity contribution in [3.63, 3.8) is 0 Å². The molecule has 0 aliphatic heterocycles. The van der Waals surface area contributed by atoms with Gasteiger partial charge in [0.25, 0.3) is 0 Å². The monoisotopic (exact) mass is 261 g/mol. The van der Waals surface area contributed by atoms with Crippen LogP contribution in [-0.2, 0) is 13.6 Å². The number of nitrogens with one attached hydrogen (secondary N) is 1. The van der Waals surface area contributed by atoms with Crippen LogP contribution in [0.2, 0.25) is 0 Å². The molecule has 1 aromatic carbocycles. The summed E-state index contributed by atoms with van der Waals surface area (Å²) in [4.78, 5) is 0. The largest absolute Gasteiger partial charge is 0.507 e. The number of ether oxygens (including phenoxy) is 1. The third kappa shape index (κ3) is 2.65. The van der Waals surface area contributed by atoms with Crippen LogP contribution in [0.4, 0.5) is 5.69 Å². The lowest BCUT2D eigenvalue weighted by molar-refractivity contribution is 0.406. The number of phenols is 1. The molecule has 0 atom stereocenters. The molecule has 1 heterocycles. The molecule has 0 aliphatic rings. The number of hydrogen-bond donors (Lipinski definition) is 2. The van der Waals surface area contributed by atoms with Gasteiger partial charge in [-0.05, 0) is 26.0 Å². The molecular formula is C14H19N3O2. The maximum atomic E-state index is 9.90. The van der Waals surface area contributed by atoms with E-state index in [0.29, 0.717) is 12.3 Å². The van der Waals surface area contributed by atoms with Crippen LogP contribution in [0.1, 0.15) is 17.0 Å². The van der Waals surface area contributed by atoms with Gasteiger partial charge in [0.15, 0.2) is 0 Å². The van der Waals surface area contributed by atoms with Crippen molar-refractivity contribution in [1.82, 2.24) is 9.78 Å². The Morgan fingerprint density at radius 1 is 1.37 bits per heavy atom. The van der Waals surface area contributed by atoms with E-state index in [4.69, 9.17) is 4.74 Å². The molecule has 5 nitrogen and oxygen atoms in total. The first kappa shape index (κ1) is 13.3. The molecule has 2 N–H and O–H groups in total. The molecule has 5 heteroatoms. The predicted molar refractivity (Wildman–Crippen MR) is 74.7 cm³/mol. The van der Waals surface area contributed by atoms with Gasteiger partial charge in [-0.15, -0.1) is 0 Å². The van der Waals surface area contributed by atoms with Crippen molar-refractivity contribution >= 4 is 5.69 Å². The van der Waals surface area contributed by atoms with E-state index in [1.807, 2.05) is 37.7 Å². The van der Waals surface area contributed by atoms with Gasteiger partial charge in [0.1, 0.15) is 11.5 Å². The molecule has 0 fully saturated rings. The number of phenolic OH excluding ortho intramolecular Hbond substituents is 1. The molecule has 2 aromatic rings.